The molecule has 0 spiro atoms. The van der Waals surface area contributed by atoms with E-state index in [-0.39, 0.29) is 23.3 Å². The molecule has 1 N–H and O–H groups in total. The van der Waals surface area contributed by atoms with E-state index in [1.807, 2.05) is 0 Å². The molecule has 1 aliphatic carbocycles. The van der Waals surface area contributed by atoms with Gasteiger partial charge < -0.3 is 10.0 Å². The van der Waals surface area contributed by atoms with Gasteiger partial charge in [0.15, 0.2) is 0 Å². The summed E-state index contributed by atoms with van der Waals surface area (Å²) in [6.07, 6.45) is 4.54. The van der Waals surface area contributed by atoms with E-state index in [0.29, 0.717) is 18.7 Å². The molecule has 1 saturated carbocycles. The molecule has 1 aromatic rings. The number of aliphatic carboxylic acids is 1. The Morgan fingerprint density at radius 1 is 1.15 bits per heavy atom. The number of carboxylic acid groups (broad SMARTS) is 1. The molecular formula is C19H26N2O5S. The topological polar surface area (TPSA) is 95.0 Å². The number of benzene rings is 1. The van der Waals surface area contributed by atoms with Crippen molar-refractivity contribution in [2.24, 2.45) is 0 Å². The summed E-state index contributed by atoms with van der Waals surface area (Å²) < 4.78 is 26.9. The Hall–Kier alpha value is -1.93. The van der Waals surface area contributed by atoms with Crippen LogP contribution < -0.4 is 0 Å². The summed E-state index contributed by atoms with van der Waals surface area (Å²) in [5.41, 5.74) is 0.681. The van der Waals surface area contributed by atoms with Gasteiger partial charge >= 0.3 is 5.97 Å². The Balaban J connectivity index is 1.69. The van der Waals surface area contributed by atoms with Crippen LogP contribution in [-0.4, -0.2) is 59.8 Å². The summed E-state index contributed by atoms with van der Waals surface area (Å²) >= 11 is 0. The molecule has 1 aliphatic heterocycles. The van der Waals surface area contributed by atoms with Crippen molar-refractivity contribution in [3.8, 4) is 0 Å². The van der Waals surface area contributed by atoms with Gasteiger partial charge in [0.05, 0.1) is 11.3 Å². The van der Waals surface area contributed by atoms with Crippen LogP contribution in [0.4, 0.5) is 0 Å². The average Bonchev–Trinajstić information content (AvgIpc) is 3.48. The average molecular weight is 394 g/mol. The second-order valence-corrected chi connectivity index (χ2v) is 9.27. The largest absolute Gasteiger partial charge is 0.480 e. The third-order valence-electron chi connectivity index (χ3n) is 5.23. The van der Waals surface area contributed by atoms with Crippen LogP contribution in [0.15, 0.2) is 29.2 Å². The highest BCUT2D eigenvalue weighted by molar-refractivity contribution is 7.89. The van der Waals surface area contributed by atoms with Gasteiger partial charge in [-0.2, -0.15) is 4.31 Å². The highest BCUT2D eigenvalue weighted by Crippen LogP contribution is 2.29. The molecule has 2 aliphatic rings. The van der Waals surface area contributed by atoms with E-state index in [0.717, 1.165) is 32.1 Å². The fourth-order valence-electron chi connectivity index (χ4n) is 3.51. The maximum Gasteiger partial charge on any atom is 0.326 e. The van der Waals surface area contributed by atoms with Gasteiger partial charge in [-0.25, -0.2) is 13.2 Å². The Morgan fingerprint density at radius 3 is 2.26 bits per heavy atom. The number of carboxylic acids is 1. The number of carbonyl (C=O) groups is 2. The molecule has 1 heterocycles. The summed E-state index contributed by atoms with van der Waals surface area (Å²) in [7, 11) is -3.49. The molecule has 0 bridgehead atoms. The maximum atomic E-state index is 12.7. The lowest BCUT2D eigenvalue weighted by Crippen LogP contribution is -2.45. The zero-order valence-electron chi connectivity index (χ0n) is 15.5. The zero-order chi connectivity index (χ0) is 19.6. The predicted molar refractivity (Wildman–Crippen MR) is 99.7 cm³/mol. The lowest BCUT2D eigenvalue weighted by Gasteiger charge is -2.27. The molecule has 0 radical (unpaired) electrons. The molecule has 148 valence electrons. The van der Waals surface area contributed by atoms with Gasteiger partial charge in [-0.15, -0.1) is 0 Å². The molecule has 1 atom stereocenters. The predicted octanol–water partition coefficient (Wildman–Crippen LogP) is 1.87. The number of rotatable bonds is 7. The molecular weight excluding hydrogens is 368 g/mol. The summed E-state index contributed by atoms with van der Waals surface area (Å²) in [5.74, 6) is -1.25. The minimum Gasteiger partial charge on any atom is -0.480 e. The normalized spacial score (nSPS) is 19.4. The van der Waals surface area contributed by atoms with Crippen LogP contribution in [0.5, 0.6) is 0 Å². The number of nitrogens with zero attached hydrogens (tertiary/aromatic N) is 2. The van der Waals surface area contributed by atoms with Gasteiger partial charge in [0.2, 0.25) is 15.9 Å². The van der Waals surface area contributed by atoms with Crippen LogP contribution in [0.25, 0.3) is 0 Å². The lowest BCUT2D eigenvalue weighted by molar-refractivity contribution is -0.149. The SMILES string of the molecule is CC(C(=O)O)N(C(=O)Cc1ccc(S(=O)(=O)N2CCCCC2)cc1)C1CC1. The molecule has 1 aromatic carbocycles. The van der Waals surface area contributed by atoms with Crippen LogP contribution in [0.2, 0.25) is 0 Å². The van der Waals surface area contributed by atoms with Crippen LogP contribution in [-0.2, 0) is 26.0 Å². The zero-order valence-corrected chi connectivity index (χ0v) is 16.3. The number of hydrogen-bond acceptors (Lipinski definition) is 4. The molecule has 8 heteroatoms. The molecule has 0 aromatic heterocycles. The van der Waals surface area contributed by atoms with Crippen molar-refractivity contribution in [2.75, 3.05) is 13.1 Å². The van der Waals surface area contributed by atoms with E-state index in [1.165, 1.54) is 28.3 Å². The van der Waals surface area contributed by atoms with Gasteiger partial charge in [0.1, 0.15) is 6.04 Å². The van der Waals surface area contributed by atoms with Crippen molar-refractivity contribution in [1.29, 1.82) is 0 Å². The fraction of sp³-hybridized carbons (Fsp3) is 0.579. The first-order valence-electron chi connectivity index (χ1n) is 9.44. The summed E-state index contributed by atoms with van der Waals surface area (Å²) in [6, 6.07) is 5.51. The maximum absolute atomic E-state index is 12.7. The number of hydrogen-bond donors (Lipinski definition) is 1. The van der Waals surface area contributed by atoms with E-state index < -0.39 is 22.0 Å². The van der Waals surface area contributed by atoms with Crippen molar-refractivity contribution in [3.05, 3.63) is 29.8 Å². The first-order chi connectivity index (χ1) is 12.8. The van der Waals surface area contributed by atoms with Gasteiger partial charge in [-0.05, 0) is 50.3 Å². The van der Waals surface area contributed by atoms with Crippen molar-refractivity contribution < 1.29 is 23.1 Å². The van der Waals surface area contributed by atoms with Crippen LogP contribution in [0.3, 0.4) is 0 Å². The summed E-state index contributed by atoms with van der Waals surface area (Å²) in [6.45, 7) is 2.62. The third kappa shape index (κ3) is 4.50. The molecule has 1 amide bonds. The summed E-state index contributed by atoms with van der Waals surface area (Å²) in [4.78, 5) is 25.6. The van der Waals surface area contributed by atoms with Crippen LogP contribution in [0, 0.1) is 0 Å². The number of piperidine rings is 1. The Labute approximate surface area is 160 Å². The van der Waals surface area contributed by atoms with E-state index in [2.05, 4.69) is 0 Å². The third-order valence-corrected chi connectivity index (χ3v) is 7.15. The molecule has 1 unspecified atom stereocenters. The van der Waals surface area contributed by atoms with Crippen LogP contribution >= 0.6 is 0 Å². The molecule has 3 rings (SSSR count). The van der Waals surface area contributed by atoms with Gasteiger partial charge in [0, 0.05) is 19.1 Å². The molecule has 27 heavy (non-hydrogen) atoms. The van der Waals surface area contributed by atoms with Gasteiger partial charge in [-0.1, -0.05) is 18.6 Å². The highest BCUT2D eigenvalue weighted by Gasteiger charge is 2.38. The minimum absolute atomic E-state index is 0.00218. The molecule has 7 nitrogen and oxygen atoms in total. The minimum atomic E-state index is -3.49. The van der Waals surface area contributed by atoms with Crippen molar-refractivity contribution >= 4 is 21.9 Å². The standard InChI is InChI=1S/C19H26N2O5S/c1-14(19(23)24)21(16-7-8-16)18(22)13-15-5-9-17(10-6-15)27(25,26)20-11-3-2-4-12-20/h5-6,9-10,14,16H,2-4,7-8,11-13H2,1H3,(H,23,24). The molecule has 1 saturated heterocycles. The van der Waals surface area contributed by atoms with Gasteiger partial charge in [-0.3, -0.25) is 4.79 Å². The summed E-state index contributed by atoms with van der Waals surface area (Å²) in [5, 5.41) is 9.23. The van der Waals surface area contributed by atoms with Crippen molar-refractivity contribution in [1.82, 2.24) is 9.21 Å². The van der Waals surface area contributed by atoms with E-state index in [1.54, 1.807) is 12.1 Å². The second-order valence-electron chi connectivity index (χ2n) is 7.33. The molecule has 2 fully saturated rings. The number of sulfonamides is 1. The van der Waals surface area contributed by atoms with Crippen molar-refractivity contribution in [2.45, 2.75) is 62.4 Å². The van der Waals surface area contributed by atoms with E-state index in [9.17, 15) is 23.1 Å². The Kier molecular flexibility index (Phi) is 5.86. The first-order valence-corrected chi connectivity index (χ1v) is 10.9. The van der Waals surface area contributed by atoms with E-state index >= 15 is 0 Å². The van der Waals surface area contributed by atoms with Crippen molar-refractivity contribution in [3.63, 3.8) is 0 Å². The van der Waals surface area contributed by atoms with E-state index in [4.69, 9.17) is 0 Å². The monoisotopic (exact) mass is 394 g/mol. The smallest absolute Gasteiger partial charge is 0.326 e. The quantitative estimate of drug-likeness (QED) is 0.762. The Morgan fingerprint density at radius 2 is 1.74 bits per heavy atom. The first kappa shape index (κ1) is 19.8. The highest BCUT2D eigenvalue weighted by atomic mass is 32.2. The van der Waals surface area contributed by atoms with Crippen LogP contribution in [0.1, 0.15) is 44.6 Å². The fourth-order valence-corrected chi connectivity index (χ4v) is 5.02. The number of carbonyl (C=O) groups excluding carboxylic acids is 1. The lowest BCUT2D eigenvalue weighted by atomic mass is 10.1. The second kappa shape index (κ2) is 7.98. The number of amides is 1. The van der Waals surface area contributed by atoms with Gasteiger partial charge in [0.25, 0.3) is 0 Å². The Bertz CT molecular complexity index is 796.